The SMILES string of the molecule is CC1Sc2ccc(C(=O)N[C@H]3CC[C@@H](C(=O)O)C3)cc2NC1=O. The highest BCUT2D eigenvalue weighted by atomic mass is 32.2. The van der Waals surface area contributed by atoms with Gasteiger partial charge in [0.25, 0.3) is 5.91 Å². The summed E-state index contributed by atoms with van der Waals surface area (Å²) in [5, 5.41) is 14.5. The van der Waals surface area contributed by atoms with Crippen molar-refractivity contribution >= 4 is 35.2 Å². The maximum Gasteiger partial charge on any atom is 0.306 e. The van der Waals surface area contributed by atoms with Crippen LogP contribution in [0.2, 0.25) is 0 Å². The van der Waals surface area contributed by atoms with Crippen LogP contribution in [0.25, 0.3) is 0 Å². The molecular weight excluding hydrogens is 316 g/mol. The van der Waals surface area contributed by atoms with Gasteiger partial charge in [0.2, 0.25) is 5.91 Å². The van der Waals surface area contributed by atoms with Crippen LogP contribution in [0.1, 0.15) is 36.5 Å². The topological polar surface area (TPSA) is 95.5 Å². The van der Waals surface area contributed by atoms with Crippen LogP contribution in [0.5, 0.6) is 0 Å². The summed E-state index contributed by atoms with van der Waals surface area (Å²) in [4.78, 5) is 36.0. The van der Waals surface area contributed by atoms with Crippen LogP contribution in [0.3, 0.4) is 0 Å². The van der Waals surface area contributed by atoms with Gasteiger partial charge in [0.15, 0.2) is 0 Å². The zero-order valence-corrected chi connectivity index (χ0v) is 13.5. The van der Waals surface area contributed by atoms with Gasteiger partial charge >= 0.3 is 5.97 Å². The quantitative estimate of drug-likeness (QED) is 0.787. The number of thioether (sulfide) groups is 1. The molecule has 7 heteroatoms. The smallest absolute Gasteiger partial charge is 0.306 e. The maximum absolute atomic E-state index is 12.3. The summed E-state index contributed by atoms with van der Waals surface area (Å²) in [6.45, 7) is 1.84. The molecule has 1 aromatic rings. The van der Waals surface area contributed by atoms with Crippen molar-refractivity contribution in [1.29, 1.82) is 0 Å². The Balaban J connectivity index is 1.68. The fourth-order valence-corrected chi connectivity index (χ4v) is 3.89. The number of anilines is 1. The second kappa shape index (κ2) is 6.23. The number of rotatable bonds is 3. The van der Waals surface area contributed by atoms with Gasteiger partial charge in [-0.15, -0.1) is 11.8 Å². The Labute approximate surface area is 138 Å². The summed E-state index contributed by atoms with van der Waals surface area (Å²) >= 11 is 1.47. The van der Waals surface area contributed by atoms with E-state index < -0.39 is 5.97 Å². The number of aliphatic carboxylic acids is 1. The first-order valence-corrected chi connectivity index (χ1v) is 8.47. The molecule has 3 N–H and O–H groups in total. The standard InChI is InChI=1S/C16H18N2O4S/c1-8-14(19)18-12-7-9(3-5-13(12)23-8)15(20)17-11-4-2-10(6-11)16(21)22/h3,5,7-8,10-11H,2,4,6H2,1H3,(H,17,20)(H,18,19)(H,21,22)/t8?,10-,11+/m1/s1. The Hall–Kier alpha value is -2.02. The number of fused-ring (bicyclic) bond motifs is 1. The van der Waals surface area contributed by atoms with E-state index in [1.165, 1.54) is 11.8 Å². The van der Waals surface area contributed by atoms with Crippen LogP contribution >= 0.6 is 11.8 Å². The minimum atomic E-state index is -0.801. The van der Waals surface area contributed by atoms with Crippen molar-refractivity contribution in [3.63, 3.8) is 0 Å². The van der Waals surface area contributed by atoms with Crippen molar-refractivity contribution in [2.24, 2.45) is 5.92 Å². The summed E-state index contributed by atoms with van der Waals surface area (Å²) in [6.07, 6.45) is 1.74. The Bertz CT molecular complexity index is 676. The molecule has 1 saturated carbocycles. The molecule has 1 fully saturated rings. The molecule has 1 heterocycles. The van der Waals surface area contributed by atoms with E-state index in [9.17, 15) is 14.4 Å². The molecule has 1 aromatic carbocycles. The molecule has 2 aliphatic rings. The lowest BCUT2D eigenvalue weighted by atomic mass is 10.1. The first-order valence-electron chi connectivity index (χ1n) is 7.59. The summed E-state index contributed by atoms with van der Waals surface area (Å²) in [5.74, 6) is -1.48. The number of carboxylic acids is 1. The summed E-state index contributed by atoms with van der Waals surface area (Å²) in [7, 11) is 0. The molecule has 3 rings (SSSR count). The molecular formula is C16H18N2O4S. The average molecular weight is 334 g/mol. The normalized spacial score (nSPS) is 26.3. The first kappa shape index (κ1) is 15.9. The molecule has 1 aliphatic heterocycles. The van der Waals surface area contributed by atoms with Crippen LogP contribution in [0, 0.1) is 5.92 Å². The van der Waals surface area contributed by atoms with Crippen molar-refractivity contribution in [2.75, 3.05) is 5.32 Å². The van der Waals surface area contributed by atoms with E-state index in [0.717, 1.165) is 4.90 Å². The number of amides is 2. The van der Waals surface area contributed by atoms with Crippen LogP contribution in [-0.4, -0.2) is 34.2 Å². The van der Waals surface area contributed by atoms with Crippen LogP contribution in [-0.2, 0) is 9.59 Å². The second-order valence-corrected chi connectivity index (χ2v) is 7.36. The number of hydrogen-bond donors (Lipinski definition) is 3. The second-order valence-electron chi connectivity index (χ2n) is 5.98. The van der Waals surface area contributed by atoms with Gasteiger partial charge in [0.1, 0.15) is 0 Å². The fourth-order valence-electron chi connectivity index (χ4n) is 2.96. The van der Waals surface area contributed by atoms with E-state index in [1.807, 2.05) is 13.0 Å². The van der Waals surface area contributed by atoms with Gasteiger partial charge < -0.3 is 15.7 Å². The number of carbonyl (C=O) groups is 3. The number of benzene rings is 1. The Morgan fingerprint density at radius 2 is 2.13 bits per heavy atom. The number of carboxylic acid groups (broad SMARTS) is 1. The summed E-state index contributed by atoms with van der Waals surface area (Å²) in [6, 6.07) is 5.13. The van der Waals surface area contributed by atoms with Gasteiger partial charge in [0, 0.05) is 16.5 Å². The van der Waals surface area contributed by atoms with Crippen LogP contribution in [0.15, 0.2) is 23.1 Å². The monoisotopic (exact) mass is 334 g/mol. The third-order valence-electron chi connectivity index (χ3n) is 4.29. The largest absolute Gasteiger partial charge is 0.481 e. The summed E-state index contributed by atoms with van der Waals surface area (Å²) in [5.41, 5.74) is 1.12. The molecule has 1 unspecified atom stereocenters. The molecule has 122 valence electrons. The third kappa shape index (κ3) is 3.34. The first-order chi connectivity index (χ1) is 10.9. The molecule has 2 amide bonds. The van der Waals surface area contributed by atoms with Gasteiger partial charge in [-0.05, 0) is 44.4 Å². The number of nitrogens with one attached hydrogen (secondary N) is 2. The van der Waals surface area contributed by atoms with E-state index in [4.69, 9.17) is 5.11 Å². The number of carbonyl (C=O) groups excluding carboxylic acids is 2. The molecule has 0 radical (unpaired) electrons. The van der Waals surface area contributed by atoms with E-state index in [1.54, 1.807) is 12.1 Å². The molecule has 0 aromatic heterocycles. The fraction of sp³-hybridized carbons (Fsp3) is 0.438. The van der Waals surface area contributed by atoms with Crippen molar-refractivity contribution in [3.8, 4) is 0 Å². The van der Waals surface area contributed by atoms with Gasteiger partial charge in [-0.3, -0.25) is 14.4 Å². The zero-order valence-electron chi connectivity index (χ0n) is 12.7. The van der Waals surface area contributed by atoms with E-state index >= 15 is 0 Å². The van der Waals surface area contributed by atoms with Gasteiger partial charge in [-0.2, -0.15) is 0 Å². The zero-order chi connectivity index (χ0) is 16.6. The Morgan fingerprint density at radius 3 is 2.83 bits per heavy atom. The maximum atomic E-state index is 12.3. The van der Waals surface area contributed by atoms with Crippen LogP contribution in [0.4, 0.5) is 5.69 Å². The minimum Gasteiger partial charge on any atom is -0.481 e. The van der Waals surface area contributed by atoms with E-state index in [-0.39, 0.29) is 29.0 Å². The molecule has 0 saturated heterocycles. The molecule has 6 nitrogen and oxygen atoms in total. The lowest BCUT2D eigenvalue weighted by Crippen LogP contribution is -2.33. The van der Waals surface area contributed by atoms with Gasteiger partial charge in [-0.25, -0.2) is 0 Å². The molecule has 3 atom stereocenters. The van der Waals surface area contributed by atoms with Crippen molar-refractivity contribution in [2.45, 2.75) is 42.4 Å². The van der Waals surface area contributed by atoms with Crippen molar-refractivity contribution in [1.82, 2.24) is 5.32 Å². The predicted octanol–water partition coefficient (Wildman–Crippen LogP) is 2.10. The van der Waals surface area contributed by atoms with Crippen molar-refractivity contribution in [3.05, 3.63) is 23.8 Å². The average Bonchev–Trinajstić information content (AvgIpc) is 2.96. The Morgan fingerprint density at radius 1 is 1.35 bits per heavy atom. The van der Waals surface area contributed by atoms with E-state index in [2.05, 4.69) is 10.6 Å². The van der Waals surface area contributed by atoms with Crippen LogP contribution < -0.4 is 10.6 Å². The highest BCUT2D eigenvalue weighted by Crippen LogP contribution is 2.36. The highest BCUT2D eigenvalue weighted by molar-refractivity contribution is 8.00. The predicted molar refractivity (Wildman–Crippen MR) is 86.6 cm³/mol. The third-order valence-corrected chi connectivity index (χ3v) is 5.47. The molecule has 23 heavy (non-hydrogen) atoms. The van der Waals surface area contributed by atoms with Gasteiger partial charge in [-0.1, -0.05) is 0 Å². The Kier molecular flexibility index (Phi) is 4.30. The summed E-state index contributed by atoms with van der Waals surface area (Å²) < 4.78 is 0. The minimum absolute atomic E-state index is 0.0693. The highest BCUT2D eigenvalue weighted by Gasteiger charge is 2.31. The lowest BCUT2D eigenvalue weighted by molar-refractivity contribution is -0.141. The van der Waals surface area contributed by atoms with Crippen molar-refractivity contribution < 1.29 is 19.5 Å². The number of hydrogen-bond acceptors (Lipinski definition) is 4. The van der Waals surface area contributed by atoms with Gasteiger partial charge in [0.05, 0.1) is 16.9 Å². The molecule has 1 aliphatic carbocycles. The molecule has 0 bridgehead atoms. The lowest BCUT2D eigenvalue weighted by Gasteiger charge is -2.22. The molecule has 0 spiro atoms. The van der Waals surface area contributed by atoms with E-state index in [0.29, 0.717) is 30.5 Å².